The van der Waals surface area contributed by atoms with Gasteiger partial charge in [-0.1, -0.05) is 35.4 Å². The van der Waals surface area contributed by atoms with Gasteiger partial charge >= 0.3 is 0 Å². The van der Waals surface area contributed by atoms with Gasteiger partial charge in [0.2, 0.25) is 4.21 Å². The predicted octanol–water partition coefficient (Wildman–Crippen LogP) is 2.18. The lowest BCUT2D eigenvalue weighted by molar-refractivity contribution is 0.0978. The number of alkyl halides is 1. The van der Waals surface area contributed by atoms with Crippen LogP contribution in [-0.4, -0.2) is 24.7 Å². The highest BCUT2D eigenvalue weighted by molar-refractivity contribution is 7.94. The molecule has 0 heterocycles. The number of carbonyl (C=O) groups excluding carboxylic acids is 1. The molecule has 1 rings (SSSR count). The number of halogens is 1. The first-order valence-electron chi connectivity index (χ1n) is 4.66. The molecule has 0 aliphatic heterocycles. The Hall–Kier alpha value is -0.870. The zero-order chi connectivity index (χ0) is 12.6. The molecular weight excluding hydrogens is 248 g/mol. The maximum atomic E-state index is 12.0. The molecular formula is C11H13ClO3S. The van der Waals surface area contributed by atoms with E-state index >= 15 is 0 Å². The van der Waals surface area contributed by atoms with E-state index in [9.17, 15) is 13.2 Å². The van der Waals surface area contributed by atoms with E-state index in [0.717, 1.165) is 11.8 Å². The van der Waals surface area contributed by atoms with Crippen LogP contribution in [-0.2, 0) is 9.84 Å². The van der Waals surface area contributed by atoms with Gasteiger partial charge in [-0.05, 0) is 19.9 Å². The molecule has 0 unspecified atom stereocenters. The second-order valence-electron chi connectivity index (χ2n) is 3.89. The number of hydrogen-bond donors (Lipinski definition) is 0. The van der Waals surface area contributed by atoms with E-state index in [1.807, 2.05) is 13.0 Å². The van der Waals surface area contributed by atoms with Crippen LogP contribution in [0.2, 0.25) is 0 Å². The molecule has 16 heavy (non-hydrogen) atoms. The molecule has 0 spiro atoms. The number of hydrogen-bond acceptors (Lipinski definition) is 3. The number of carbonyl (C=O) groups is 1. The van der Waals surface area contributed by atoms with Crippen LogP contribution < -0.4 is 0 Å². The smallest absolute Gasteiger partial charge is 0.204 e. The highest BCUT2D eigenvalue weighted by atomic mass is 35.5. The third kappa shape index (κ3) is 2.44. The van der Waals surface area contributed by atoms with Crippen molar-refractivity contribution in [3.63, 3.8) is 0 Å². The van der Waals surface area contributed by atoms with E-state index in [-0.39, 0.29) is 0 Å². The molecule has 0 saturated carbocycles. The monoisotopic (exact) mass is 260 g/mol. The van der Waals surface area contributed by atoms with Crippen molar-refractivity contribution in [3.05, 3.63) is 35.4 Å². The molecule has 0 fully saturated rings. The molecule has 88 valence electrons. The Labute approximate surface area is 100 Å². The summed E-state index contributed by atoms with van der Waals surface area (Å²) in [5.41, 5.74) is 1.19. The summed E-state index contributed by atoms with van der Waals surface area (Å²) in [7, 11) is -3.65. The molecule has 0 aromatic heterocycles. The first kappa shape index (κ1) is 13.2. The summed E-state index contributed by atoms with van der Waals surface area (Å²) in [4.78, 5) is 12.0. The lowest BCUT2D eigenvalue weighted by Crippen LogP contribution is -2.37. The van der Waals surface area contributed by atoms with Crippen LogP contribution in [0.25, 0.3) is 0 Å². The Morgan fingerprint density at radius 1 is 1.38 bits per heavy atom. The summed E-state index contributed by atoms with van der Waals surface area (Å²) in [5.74, 6) is -0.597. The topological polar surface area (TPSA) is 51.2 Å². The molecule has 1 atom stereocenters. The van der Waals surface area contributed by atoms with Gasteiger partial charge in [-0.25, -0.2) is 8.42 Å². The zero-order valence-corrected chi connectivity index (χ0v) is 10.9. The summed E-state index contributed by atoms with van der Waals surface area (Å²) in [5, 5.41) is 0. The molecule has 0 radical (unpaired) electrons. The average Bonchev–Trinajstić information content (AvgIpc) is 2.14. The molecule has 0 aliphatic carbocycles. The molecule has 1 aromatic carbocycles. The predicted molar refractivity (Wildman–Crippen MR) is 64.6 cm³/mol. The van der Waals surface area contributed by atoms with Crippen molar-refractivity contribution in [1.29, 1.82) is 0 Å². The summed E-state index contributed by atoms with van der Waals surface area (Å²) >= 11 is 5.81. The van der Waals surface area contributed by atoms with E-state index in [0.29, 0.717) is 5.56 Å². The van der Waals surface area contributed by atoms with Crippen molar-refractivity contribution in [1.82, 2.24) is 0 Å². The van der Waals surface area contributed by atoms with Crippen molar-refractivity contribution in [3.8, 4) is 0 Å². The molecule has 0 bridgehead atoms. The van der Waals surface area contributed by atoms with Crippen LogP contribution >= 0.6 is 11.6 Å². The number of ketones is 1. The third-order valence-corrected chi connectivity index (χ3v) is 4.97. The van der Waals surface area contributed by atoms with Gasteiger partial charge in [-0.15, -0.1) is 0 Å². The number of sulfone groups is 1. The Morgan fingerprint density at radius 3 is 2.38 bits per heavy atom. The summed E-state index contributed by atoms with van der Waals surface area (Å²) in [6.07, 6.45) is 0.952. The highest BCUT2D eigenvalue weighted by Crippen LogP contribution is 2.26. The number of aryl methyl sites for hydroxylation is 1. The fourth-order valence-corrected chi connectivity index (χ4v) is 1.78. The van der Waals surface area contributed by atoms with Crippen LogP contribution in [0.4, 0.5) is 0 Å². The zero-order valence-electron chi connectivity index (χ0n) is 9.32. The summed E-state index contributed by atoms with van der Waals surface area (Å²) in [6.45, 7) is 3.03. The van der Waals surface area contributed by atoms with Crippen molar-refractivity contribution in [2.24, 2.45) is 0 Å². The number of benzene rings is 1. The minimum atomic E-state index is -3.65. The Balaban J connectivity index is 3.23. The van der Waals surface area contributed by atoms with Gasteiger partial charge in [0.05, 0.1) is 0 Å². The molecule has 0 amide bonds. The SMILES string of the molecule is Cc1cccc(C(=O)[C@](C)(Cl)S(C)(=O)=O)c1. The Bertz CT molecular complexity index is 518. The summed E-state index contributed by atoms with van der Waals surface area (Å²) < 4.78 is 20.9. The normalized spacial score (nSPS) is 15.5. The van der Waals surface area contributed by atoms with Crippen molar-refractivity contribution >= 4 is 27.2 Å². The minimum Gasteiger partial charge on any atom is -0.291 e. The van der Waals surface area contributed by atoms with E-state index in [1.54, 1.807) is 18.2 Å². The third-order valence-electron chi connectivity index (χ3n) is 2.38. The number of rotatable bonds is 3. The average molecular weight is 261 g/mol. The highest BCUT2D eigenvalue weighted by Gasteiger charge is 2.41. The van der Waals surface area contributed by atoms with Crippen LogP contribution in [0.3, 0.4) is 0 Å². The minimum absolute atomic E-state index is 0.308. The lowest BCUT2D eigenvalue weighted by atomic mass is 10.1. The maximum absolute atomic E-state index is 12.0. The van der Waals surface area contributed by atoms with E-state index in [1.165, 1.54) is 6.92 Å². The molecule has 0 aliphatic rings. The second kappa shape index (κ2) is 4.18. The quantitative estimate of drug-likeness (QED) is 0.618. The molecule has 0 saturated heterocycles. The van der Waals surface area contributed by atoms with Crippen LogP contribution in [0.5, 0.6) is 0 Å². The lowest BCUT2D eigenvalue weighted by Gasteiger charge is -2.18. The van der Waals surface area contributed by atoms with Gasteiger partial charge in [0.1, 0.15) is 0 Å². The maximum Gasteiger partial charge on any atom is 0.204 e. The number of Topliss-reactive ketones (excluding diaryl/α,β-unsaturated/α-hetero) is 1. The van der Waals surface area contributed by atoms with Gasteiger partial charge in [-0.2, -0.15) is 0 Å². The van der Waals surface area contributed by atoms with Crippen LogP contribution in [0.1, 0.15) is 22.8 Å². The van der Waals surface area contributed by atoms with Crippen LogP contribution in [0, 0.1) is 6.92 Å². The van der Waals surface area contributed by atoms with Crippen molar-refractivity contribution in [2.75, 3.05) is 6.26 Å². The Kier molecular flexibility index (Phi) is 3.45. The Morgan fingerprint density at radius 2 is 1.94 bits per heavy atom. The van der Waals surface area contributed by atoms with E-state index < -0.39 is 19.8 Å². The molecule has 1 aromatic rings. The van der Waals surface area contributed by atoms with Gasteiger partial charge in [-0.3, -0.25) is 4.79 Å². The van der Waals surface area contributed by atoms with Crippen molar-refractivity contribution in [2.45, 2.75) is 18.1 Å². The van der Waals surface area contributed by atoms with Gasteiger partial charge < -0.3 is 0 Å². The first-order valence-corrected chi connectivity index (χ1v) is 6.93. The standard InChI is InChI=1S/C11H13ClO3S/c1-8-5-4-6-9(7-8)10(13)11(2,12)16(3,14)15/h4-7H,1-3H3/t11-/m1/s1. The fourth-order valence-electron chi connectivity index (χ4n) is 1.21. The largest absolute Gasteiger partial charge is 0.291 e. The van der Waals surface area contributed by atoms with Crippen molar-refractivity contribution < 1.29 is 13.2 Å². The fraction of sp³-hybridized carbons (Fsp3) is 0.364. The molecule has 5 heteroatoms. The second-order valence-corrected chi connectivity index (χ2v) is 7.23. The van der Waals surface area contributed by atoms with Gasteiger partial charge in [0, 0.05) is 11.8 Å². The van der Waals surface area contributed by atoms with E-state index in [2.05, 4.69) is 0 Å². The summed E-state index contributed by atoms with van der Waals surface area (Å²) in [6, 6.07) is 6.69. The van der Waals surface area contributed by atoms with Gasteiger partial charge in [0.25, 0.3) is 0 Å². The van der Waals surface area contributed by atoms with E-state index in [4.69, 9.17) is 11.6 Å². The van der Waals surface area contributed by atoms with Crippen LogP contribution in [0.15, 0.2) is 24.3 Å². The molecule has 3 nitrogen and oxygen atoms in total. The molecule has 0 N–H and O–H groups in total. The first-order chi connectivity index (χ1) is 7.16. The van der Waals surface area contributed by atoms with Gasteiger partial charge in [0.15, 0.2) is 15.6 Å².